The molecule has 1 aromatic heterocycles. The molecule has 7 heteroatoms. The molecule has 1 aliphatic rings. The number of nitrogens with two attached hydrogens (primary N) is 2. The second-order valence-electron chi connectivity index (χ2n) is 5.25. The van der Waals surface area contributed by atoms with Crippen molar-refractivity contribution in [3.8, 4) is 11.3 Å². The van der Waals surface area contributed by atoms with E-state index in [-0.39, 0.29) is 5.69 Å². The summed E-state index contributed by atoms with van der Waals surface area (Å²) >= 11 is 0. The zero-order valence-electron chi connectivity index (χ0n) is 11.7. The van der Waals surface area contributed by atoms with Gasteiger partial charge in [-0.3, -0.25) is 15.2 Å². The quantitative estimate of drug-likeness (QED) is 0.590. The number of nitro groups is 1. The van der Waals surface area contributed by atoms with Crippen LogP contribution in [0.1, 0.15) is 12.1 Å². The third-order valence-corrected chi connectivity index (χ3v) is 3.69. The molecule has 3 rings (SSSR count). The minimum absolute atomic E-state index is 0.0506. The Morgan fingerprint density at radius 2 is 2.05 bits per heavy atom. The third kappa shape index (κ3) is 2.49. The summed E-state index contributed by atoms with van der Waals surface area (Å²) in [5, 5.41) is 17.9. The van der Waals surface area contributed by atoms with Crippen LogP contribution in [0.3, 0.4) is 0 Å². The van der Waals surface area contributed by atoms with Gasteiger partial charge >= 0.3 is 0 Å². The summed E-state index contributed by atoms with van der Waals surface area (Å²) < 4.78 is 0. The van der Waals surface area contributed by atoms with E-state index in [4.69, 9.17) is 11.5 Å². The fourth-order valence-corrected chi connectivity index (χ4v) is 2.33. The number of nitro benzene ring substituents is 1. The van der Waals surface area contributed by atoms with E-state index in [1.54, 1.807) is 18.2 Å². The maximum absolute atomic E-state index is 10.7. The molecule has 0 spiro atoms. The van der Waals surface area contributed by atoms with E-state index in [2.05, 4.69) is 10.2 Å². The van der Waals surface area contributed by atoms with Crippen LogP contribution in [0.4, 0.5) is 5.69 Å². The van der Waals surface area contributed by atoms with Gasteiger partial charge < -0.3 is 11.5 Å². The molecule has 0 saturated heterocycles. The summed E-state index contributed by atoms with van der Waals surface area (Å²) in [6.45, 7) is 0. The Kier molecular flexibility index (Phi) is 3.26. The molecule has 0 radical (unpaired) electrons. The van der Waals surface area contributed by atoms with Crippen molar-refractivity contribution in [2.24, 2.45) is 11.5 Å². The Balaban J connectivity index is 1.88. The van der Waals surface area contributed by atoms with E-state index in [0.29, 0.717) is 17.8 Å². The van der Waals surface area contributed by atoms with Gasteiger partial charge in [-0.05, 0) is 30.7 Å². The average Bonchev–Trinajstić information content (AvgIpc) is 3.01. The second-order valence-corrected chi connectivity index (χ2v) is 5.25. The van der Waals surface area contributed by atoms with E-state index in [1.165, 1.54) is 12.1 Å². The fraction of sp³-hybridized carbons (Fsp3) is 0.133. The van der Waals surface area contributed by atoms with Crippen molar-refractivity contribution in [3.63, 3.8) is 0 Å². The van der Waals surface area contributed by atoms with Crippen molar-refractivity contribution < 1.29 is 4.92 Å². The minimum atomic E-state index is -0.696. The predicted molar refractivity (Wildman–Crippen MR) is 82.6 cm³/mol. The Morgan fingerprint density at radius 3 is 2.64 bits per heavy atom. The molecule has 1 heterocycles. The molecule has 1 unspecified atom stereocenters. The molecule has 0 amide bonds. The van der Waals surface area contributed by atoms with Gasteiger partial charge in [-0.2, -0.15) is 5.10 Å². The first-order valence-electron chi connectivity index (χ1n) is 6.72. The lowest BCUT2D eigenvalue weighted by Crippen LogP contribution is -2.36. The first-order valence-corrected chi connectivity index (χ1v) is 6.72. The number of rotatable bonds is 3. The maximum Gasteiger partial charge on any atom is 0.269 e. The number of H-pyrrole nitrogens is 1. The maximum atomic E-state index is 10.7. The zero-order valence-corrected chi connectivity index (χ0v) is 11.7. The second kappa shape index (κ2) is 5.12. The van der Waals surface area contributed by atoms with Gasteiger partial charge in [-0.15, -0.1) is 0 Å². The molecule has 0 bridgehead atoms. The van der Waals surface area contributed by atoms with Gasteiger partial charge in [0.15, 0.2) is 0 Å². The molecule has 7 nitrogen and oxygen atoms in total. The molecular formula is C15H15N5O2. The van der Waals surface area contributed by atoms with Crippen LogP contribution in [-0.4, -0.2) is 15.1 Å². The third-order valence-electron chi connectivity index (χ3n) is 3.69. The molecule has 22 heavy (non-hydrogen) atoms. The van der Waals surface area contributed by atoms with E-state index >= 15 is 0 Å². The molecule has 2 aromatic rings. The smallest absolute Gasteiger partial charge is 0.269 e. The van der Waals surface area contributed by atoms with Crippen molar-refractivity contribution in [2.75, 3.05) is 0 Å². The van der Waals surface area contributed by atoms with Gasteiger partial charge in [0.25, 0.3) is 5.69 Å². The number of nitrogens with one attached hydrogen (secondary N) is 1. The SMILES string of the molecule is NC1=CCC(N)(c2cc(-c3ccc([N+](=O)[O-])cc3)[nH]n2)C=C1. The molecule has 112 valence electrons. The van der Waals surface area contributed by atoms with E-state index in [0.717, 1.165) is 11.3 Å². The molecule has 1 aliphatic carbocycles. The number of aromatic nitrogens is 2. The van der Waals surface area contributed by atoms with Gasteiger partial charge in [-0.1, -0.05) is 12.2 Å². The van der Waals surface area contributed by atoms with Gasteiger partial charge in [0.05, 0.1) is 21.9 Å². The first-order chi connectivity index (χ1) is 10.5. The summed E-state index contributed by atoms with van der Waals surface area (Å²) in [7, 11) is 0. The zero-order chi connectivity index (χ0) is 15.7. The molecule has 0 aliphatic heterocycles. The lowest BCUT2D eigenvalue weighted by atomic mass is 9.88. The molecular weight excluding hydrogens is 282 g/mol. The normalized spacial score (nSPS) is 20.7. The van der Waals surface area contributed by atoms with Crippen molar-refractivity contribution in [1.29, 1.82) is 0 Å². The number of aromatic amines is 1. The van der Waals surface area contributed by atoms with Crippen molar-refractivity contribution in [3.05, 3.63) is 70.1 Å². The number of hydrogen-bond acceptors (Lipinski definition) is 5. The topological polar surface area (TPSA) is 124 Å². The average molecular weight is 297 g/mol. The summed E-state index contributed by atoms with van der Waals surface area (Å²) in [4.78, 5) is 10.2. The van der Waals surface area contributed by atoms with Gasteiger partial charge in [-0.25, -0.2) is 0 Å². The summed E-state index contributed by atoms with van der Waals surface area (Å²) in [5.41, 5.74) is 14.3. The highest BCUT2D eigenvalue weighted by Gasteiger charge is 2.28. The lowest BCUT2D eigenvalue weighted by Gasteiger charge is -2.24. The van der Waals surface area contributed by atoms with Crippen LogP contribution in [0.2, 0.25) is 0 Å². The van der Waals surface area contributed by atoms with Crippen LogP contribution in [0, 0.1) is 10.1 Å². The van der Waals surface area contributed by atoms with Crippen LogP contribution in [0.5, 0.6) is 0 Å². The van der Waals surface area contributed by atoms with E-state index in [9.17, 15) is 10.1 Å². The fourth-order valence-electron chi connectivity index (χ4n) is 2.33. The van der Waals surface area contributed by atoms with Gasteiger partial charge in [0.1, 0.15) is 0 Å². The van der Waals surface area contributed by atoms with Crippen molar-refractivity contribution in [1.82, 2.24) is 10.2 Å². The Morgan fingerprint density at radius 1 is 1.32 bits per heavy atom. The predicted octanol–water partition coefficient (Wildman–Crippen LogP) is 1.94. The van der Waals surface area contributed by atoms with Crippen LogP contribution >= 0.6 is 0 Å². The number of non-ortho nitro benzene ring substituents is 1. The lowest BCUT2D eigenvalue weighted by molar-refractivity contribution is -0.384. The highest BCUT2D eigenvalue weighted by atomic mass is 16.6. The summed E-state index contributed by atoms with van der Waals surface area (Å²) in [6, 6.07) is 8.11. The molecule has 0 fully saturated rings. The Bertz CT molecular complexity index is 775. The minimum Gasteiger partial charge on any atom is -0.399 e. The summed E-state index contributed by atoms with van der Waals surface area (Å²) in [5.74, 6) is 0. The Labute approximate surface area is 126 Å². The van der Waals surface area contributed by atoms with E-state index in [1.807, 2.05) is 18.2 Å². The monoisotopic (exact) mass is 297 g/mol. The Hall–Kier alpha value is -2.93. The standard InChI is InChI=1S/C15H15N5O2/c16-11-5-7-15(17,8-6-11)14-9-13(18-19-14)10-1-3-12(4-2-10)20(21)22/h1-7,9H,8,16-17H2,(H,18,19). The largest absolute Gasteiger partial charge is 0.399 e. The first kappa shape index (κ1) is 14.0. The number of benzene rings is 1. The highest BCUT2D eigenvalue weighted by molar-refractivity contribution is 5.61. The van der Waals surface area contributed by atoms with Gasteiger partial charge in [0, 0.05) is 23.4 Å². The van der Waals surface area contributed by atoms with Gasteiger partial charge in [0.2, 0.25) is 0 Å². The summed E-state index contributed by atoms with van der Waals surface area (Å²) in [6.07, 6.45) is 6.03. The number of hydrogen-bond donors (Lipinski definition) is 3. The number of allylic oxidation sites excluding steroid dienone is 1. The van der Waals surface area contributed by atoms with Crippen molar-refractivity contribution >= 4 is 5.69 Å². The van der Waals surface area contributed by atoms with Crippen LogP contribution < -0.4 is 11.5 Å². The highest BCUT2D eigenvalue weighted by Crippen LogP contribution is 2.29. The number of nitrogens with zero attached hydrogens (tertiary/aromatic N) is 2. The van der Waals surface area contributed by atoms with Crippen LogP contribution in [0.15, 0.2) is 54.3 Å². The van der Waals surface area contributed by atoms with Crippen LogP contribution in [-0.2, 0) is 5.54 Å². The molecule has 5 N–H and O–H groups in total. The van der Waals surface area contributed by atoms with Crippen LogP contribution in [0.25, 0.3) is 11.3 Å². The molecule has 1 atom stereocenters. The van der Waals surface area contributed by atoms with E-state index < -0.39 is 10.5 Å². The molecule has 1 aromatic carbocycles. The van der Waals surface area contributed by atoms with Crippen molar-refractivity contribution in [2.45, 2.75) is 12.0 Å². The molecule has 0 saturated carbocycles.